The summed E-state index contributed by atoms with van der Waals surface area (Å²) in [6.45, 7) is 4.95. The number of nitrogens with one attached hydrogen (secondary N) is 1. The molecule has 0 bridgehead atoms. The fraction of sp³-hybridized carbons (Fsp3) is 0.357. The van der Waals surface area contributed by atoms with Crippen LogP contribution in [0.15, 0.2) is 79.0 Å². The number of aryl methyl sites for hydroxylation is 1. The van der Waals surface area contributed by atoms with Gasteiger partial charge in [-0.3, -0.25) is 14.7 Å². The molecule has 1 amide bonds. The fourth-order valence-electron chi connectivity index (χ4n) is 4.68. The van der Waals surface area contributed by atoms with Crippen molar-refractivity contribution in [3.63, 3.8) is 0 Å². The zero-order valence-electron chi connectivity index (χ0n) is 19.0. The molecule has 2 aromatic carbocycles. The summed E-state index contributed by atoms with van der Waals surface area (Å²) in [5, 5.41) is 2.92. The summed E-state index contributed by atoms with van der Waals surface area (Å²) in [4.78, 5) is 18.9. The van der Waals surface area contributed by atoms with Crippen LogP contribution in [0.3, 0.4) is 0 Å². The molecule has 0 aliphatic carbocycles. The van der Waals surface area contributed by atoms with E-state index in [-0.39, 0.29) is 11.3 Å². The average molecular weight is 428 g/mol. The number of hydrogen-bond donors (Lipinski definition) is 1. The zero-order valence-corrected chi connectivity index (χ0v) is 19.0. The second kappa shape index (κ2) is 10.6. The molecule has 32 heavy (non-hydrogen) atoms. The Hall–Kier alpha value is -2.98. The van der Waals surface area contributed by atoms with Crippen molar-refractivity contribution in [2.24, 2.45) is 0 Å². The van der Waals surface area contributed by atoms with E-state index in [0.717, 1.165) is 51.0 Å². The van der Waals surface area contributed by atoms with Crippen LogP contribution in [0.4, 0.5) is 5.69 Å². The molecule has 0 atom stereocenters. The van der Waals surface area contributed by atoms with Crippen LogP contribution in [0.25, 0.3) is 0 Å². The fourth-order valence-corrected chi connectivity index (χ4v) is 4.68. The van der Waals surface area contributed by atoms with Gasteiger partial charge in [-0.05, 0) is 74.2 Å². The predicted molar refractivity (Wildman–Crippen MR) is 131 cm³/mol. The number of nitrogens with zero attached hydrogens (tertiary/aromatic N) is 2. The van der Waals surface area contributed by atoms with Gasteiger partial charge in [0.15, 0.2) is 0 Å². The molecular weight excluding hydrogens is 394 g/mol. The Morgan fingerprint density at radius 1 is 0.938 bits per heavy atom. The van der Waals surface area contributed by atoms with Gasteiger partial charge in [-0.1, -0.05) is 55.5 Å². The number of rotatable bonds is 8. The third-order valence-electron chi connectivity index (χ3n) is 6.72. The van der Waals surface area contributed by atoms with Crippen LogP contribution in [0, 0.1) is 0 Å². The SMILES string of the molecule is CCC(=O)Nc1ccc(CN2CCC(CCc3ccccc3)(c3ccccn3)CC2)cc1. The molecule has 4 rings (SSSR count). The number of carbonyl (C=O) groups is 1. The summed E-state index contributed by atoms with van der Waals surface area (Å²) >= 11 is 0. The van der Waals surface area contributed by atoms with E-state index in [0.29, 0.717) is 6.42 Å². The predicted octanol–water partition coefficient (Wildman–Crippen LogP) is 5.60. The van der Waals surface area contributed by atoms with Crippen LogP contribution in [0.5, 0.6) is 0 Å². The average Bonchev–Trinajstić information content (AvgIpc) is 2.86. The summed E-state index contributed by atoms with van der Waals surface area (Å²) in [6, 6.07) is 25.4. The van der Waals surface area contributed by atoms with Gasteiger partial charge in [0.1, 0.15) is 0 Å². The zero-order chi connectivity index (χ0) is 22.2. The number of amides is 1. The molecule has 4 heteroatoms. The Morgan fingerprint density at radius 3 is 2.31 bits per heavy atom. The maximum Gasteiger partial charge on any atom is 0.224 e. The molecule has 1 saturated heterocycles. The van der Waals surface area contributed by atoms with Crippen LogP contribution in [-0.2, 0) is 23.2 Å². The summed E-state index contributed by atoms with van der Waals surface area (Å²) in [6.07, 6.45) is 6.90. The minimum absolute atomic E-state index is 0.0511. The van der Waals surface area contributed by atoms with Gasteiger partial charge in [0.2, 0.25) is 5.91 Å². The number of anilines is 1. The van der Waals surface area contributed by atoms with E-state index >= 15 is 0 Å². The Labute approximate surface area is 191 Å². The van der Waals surface area contributed by atoms with Crippen LogP contribution >= 0.6 is 0 Å². The van der Waals surface area contributed by atoms with Crippen LogP contribution < -0.4 is 5.32 Å². The first kappa shape index (κ1) is 22.2. The quantitative estimate of drug-likeness (QED) is 0.509. The number of likely N-dealkylation sites (tertiary alicyclic amines) is 1. The van der Waals surface area contributed by atoms with E-state index in [1.165, 1.54) is 16.8 Å². The minimum Gasteiger partial charge on any atom is -0.326 e. The molecule has 1 N–H and O–H groups in total. The molecule has 0 saturated carbocycles. The first-order valence-corrected chi connectivity index (χ1v) is 11.7. The molecule has 1 aliphatic heterocycles. The topological polar surface area (TPSA) is 45.2 Å². The molecule has 4 nitrogen and oxygen atoms in total. The highest BCUT2D eigenvalue weighted by atomic mass is 16.1. The van der Waals surface area contributed by atoms with Gasteiger partial charge in [0.05, 0.1) is 0 Å². The van der Waals surface area contributed by atoms with Crippen molar-refractivity contribution in [1.29, 1.82) is 0 Å². The van der Waals surface area contributed by atoms with Crippen molar-refractivity contribution in [2.75, 3.05) is 18.4 Å². The lowest BCUT2D eigenvalue weighted by Crippen LogP contribution is -2.43. The number of pyridine rings is 1. The highest BCUT2D eigenvalue weighted by Crippen LogP contribution is 2.39. The van der Waals surface area contributed by atoms with E-state index in [1.54, 1.807) is 0 Å². The largest absolute Gasteiger partial charge is 0.326 e. The van der Waals surface area contributed by atoms with E-state index in [4.69, 9.17) is 4.98 Å². The Bertz CT molecular complexity index is 978. The molecule has 2 heterocycles. The second-order valence-electron chi connectivity index (χ2n) is 8.86. The molecule has 0 spiro atoms. The minimum atomic E-state index is 0.0511. The summed E-state index contributed by atoms with van der Waals surface area (Å²) in [5.41, 5.74) is 4.94. The van der Waals surface area contributed by atoms with Gasteiger partial charge >= 0.3 is 0 Å². The smallest absolute Gasteiger partial charge is 0.224 e. The number of hydrogen-bond acceptors (Lipinski definition) is 3. The molecule has 0 radical (unpaired) electrons. The van der Waals surface area contributed by atoms with Gasteiger partial charge in [-0.15, -0.1) is 0 Å². The molecule has 0 unspecified atom stereocenters. The lowest BCUT2D eigenvalue weighted by molar-refractivity contribution is -0.115. The standard InChI is InChI=1S/C28H33N3O/c1-2-27(32)30-25-13-11-24(12-14-25)22-31-20-17-28(18-21-31,26-10-6-7-19-29-26)16-15-23-8-4-3-5-9-23/h3-14,19H,2,15-18,20-22H2,1H3,(H,30,32). The number of carbonyl (C=O) groups excluding carboxylic acids is 1. The molecule has 1 aromatic heterocycles. The number of aromatic nitrogens is 1. The molecule has 166 valence electrons. The lowest BCUT2D eigenvalue weighted by Gasteiger charge is -2.42. The number of benzene rings is 2. The molecule has 1 aliphatic rings. The van der Waals surface area contributed by atoms with Crippen molar-refractivity contribution < 1.29 is 4.79 Å². The van der Waals surface area contributed by atoms with Crippen molar-refractivity contribution in [1.82, 2.24) is 9.88 Å². The van der Waals surface area contributed by atoms with Gasteiger partial charge in [0, 0.05) is 36.0 Å². The van der Waals surface area contributed by atoms with Gasteiger partial charge < -0.3 is 5.32 Å². The van der Waals surface area contributed by atoms with Crippen LogP contribution in [-0.4, -0.2) is 28.9 Å². The van der Waals surface area contributed by atoms with E-state index in [1.807, 2.05) is 31.3 Å². The van der Waals surface area contributed by atoms with E-state index in [2.05, 4.69) is 64.8 Å². The van der Waals surface area contributed by atoms with Crippen molar-refractivity contribution in [3.8, 4) is 0 Å². The third-order valence-corrected chi connectivity index (χ3v) is 6.72. The first-order valence-electron chi connectivity index (χ1n) is 11.7. The first-order chi connectivity index (χ1) is 15.7. The van der Waals surface area contributed by atoms with Crippen molar-refractivity contribution >= 4 is 11.6 Å². The third kappa shape index (κ3) is 5.63. The maximum absolute atomic E-state index is 11.6. The van der Waals surface area contributed by atoms with Crippen LogP contribution in [0.1, 0.15) is 49.4 Å². The van der Waals surface area contributed by atoms with Gasteiger partial charge in [-0.2, -0.15) is 0 Å². The van der Waals surface area contributed by atoms with E-state index in [9.17, 15) is 4.79 Å². The van der Waals surface area contributed by atoms with Crippen LogP contribution in [0.2, 0.25) is 0 Å². The van der Waals surface area contributed by atoms with Gasteiger partial charge in [0.25, 0.3) is 0 Å². The Kier molecular flexibility index (Phi) is 7.33. The molecular formula is C28H33N3O. The number of piperidine rings is 1. The summed E-state index contributed by atoms with van der Waals surface area (Å²) < 4.78 is 0. The highest BCUT2D eigenvalue weighted by molar-refractivity contribution is 5.90. The monoisotopic (exact) mass is 427 g/mol. The molecule has 3 aromatic rings. The second-order valence-corrected chi connectivity index (χ2v) is 8.86. The van der Waals surface area contributed by atoms with Crippen molar-refractivity contribution in [3.05, 3.63) is 95.8 Å². The summed E-state index contributed by atoms with van der Waals surface area (Å²) in [5.74, 6) is 0.0511. The normalized spacial score (nSPS) is 15.9. The molecule has 1 fully saturated rings. The van der Waals surface area contributed by atoms with E-state index < -0.39 is 0 Å². The van der Waals surface area contributed by atoms with Gasteiger partial charge in [-0.25, -0.2) is 0 Å². The Balaban J connectivity index is 1.39. The van der Waals surface area contributed by atoms with Crippen molar-refractivity contribution in [2.45, 2.75) is 51.0 Å². The highest BCUT2D eigenvalue weighted by Gasteiger charge is 2.36. The summed E-state index contributed by atoms with van der Waals surface area (Å²) in [7, 11) is 0. The maximum atomic E-state index is 11.6. The Morgan fingerprint density at radius 2 is 1.66 bits per heavy atom. The lowest BCUT2D eigenvalue weighted by atomic mass is 9.71.